The second kappa shape index (κ2) is 6.91. The molecule has 126 valence electrons. The molecule has 0 radical (unpaired) electrons. The molecular weight excluding hydrogens is 370 g/mol. The van der Waals surface area contributed by atoms with E-state index >= 15 is 0 Å². The maximum absolute atomic E-state index is 5.97. The summed E-state index contributed by atoms with van der Waals surface area (Å²) in [4.78, 5) is 12.2. The van der Waals surface area contributed by atoms with Gasteiger partial charge in [0.05, 0.1) is 11.1 Å². The minimum absolute atomic E-state index is 0.322. The minimum atomic E-state index is -0.346. The molecule has 0 fully saturated rings. The van der Waals surface area contributed by atoms with Gasteiger partial charge in [0, 0.05) is 6.20 Å². The van der Waals surface area contributed by atoms with E-state index in [0.717, 1.165) is 21.1 Å². The van der Waals surface area contributed by atoms with E-state index < -0.39 is 0 Å². The van der Waals surface area contributed by atoms with Crippen molar-refractivity contribution in [2.45, 2.75) is 39.6 Å². The highest BCUT2D eigenvalue weighted by Crippen LogP contribution is 2.29. The Morgan fingerprint density at radius 2 is 1.83 bits per heavy atom. The molecule has 1 N–H and O–H groups in total. The van der Waals surface area contributed by atoms with E-state index in [1.165, 1.54) is 0 Å². The summed E-state index contributed by atoms with van der Waals surface area (Å²) in [5, 5.41) is 0. The Morgan fingerprint density at radius 1 is 1.08 bits per heavy atom. The maximum atomic E-state index is 5.97. The highest BCUT2D eigenvalue weighted by Gasteiger charge is 2.19. The molecule has 3 rings (SSSR count). The third-order valence-electron chi connectivity index (χ3n) is 3.24. The molecule has 2 heterocycles. The lowest BCUT2D eigenvalue weighted by molar-refractivity contribution is 0.0978. The molecule has 0 atom stereocenters. The molecule has 0 saturated carbocycles. The van der Waals surface area contributed by atoms with Crippen LogP contribution >= 0.6 is 15.9 Å². The Balaban J connectivity index is 1.81. The van der Waals surface area contributed by atoms with Crippen molar-refractivity contribution < 1.29 is 9.47 Å². The molecule has 0 saturated heterocycles. The zero-order valence-corrected chi connectivity index (χ0v) is 15.6. The molecule has 0 aliphatic heterocycles. The molecule has 0 aliphatic rings. The third kappa shape index (κ3) is 4.13. The summed E-state index contributed by atoms with van der Waals surface area (Å²) in [6.07, 6.45) is 1.84. The molecule has 0 spiro atoms. The SMILES string of the molecule is CC(C)(C)Oc1nc(COCc2ccccc2)nc2c(Br)c[nH]c12. The molecule has 6 heteroatoms. The van der Waals surface area contributed by atoms with Gasteiger partial charge in [0.2, 0.25) is 5.88 Å². The lowest BCUT2D eigenvalue weighted by Gasteiger charge is -2.21. The average Bonchev–Trinajstić information content (AvgIpc) is 2.89. The molecule has 0 amide bonds. The van der Waals surface area contributed by atoms with Crippen molar-refractivity contribution in [2.75, 3.05) is 0 Å². The van der Waals surface area contributed by atoms with Gasteiger partial charge in [0.1, 0.15) is 23.2 Å². The van der Waals surface area contributed by atoms with Gasteiger partial charge in [-0.2, -0.15) is 4.98 Å². The average molecular weight is 390 g/mol. The van der Waals surface area contributed by atoms with Crippen LogP contribution < -0.4 is 4.74 Å². The van der Waals surface area contributed by atoms with E-state index in [9.17, 15) is 0 Å². The van der Waals surface area contributed by atoms with Crippen molar-refractivity contribution in [1.29, 1.82) is 0 Å². The van der Waals surface area contributed by atoms with E-state index in [1.54, 1.807) is 0 Å². The lowest BCUT2D eigenvalue weighted by atomic mass is 10.2. The summed E-state index contributed by atoms with van der Waals surface area (Å²) in [5.41, 5.74) is 2.35. The number of hydrogen-bond acceptors (Lipinski definition) is 4. The molecular formula is C18H20BrN3O2. The maximum Gasteiger partial charge on any atom is 0.242 e. The number of ether oxygens (including phenoxy) is 2. The molecule has 1 aromatic carbocycles. The van der Waals surface area contributed by atoms with Gasteiger partial charge >= 0.3 is 0 Å². The summed E-state index contributed by atoms with van der Waals surface area (Å²) < 4.78 is 12.6. The molecule has 24 heavy (non-hydrogen) atoms. The first-order valence-electron chi connectivity index (χ1n) is 7.76. The fourth-order valence-electron chi connectivity index (χ4n) is 2.25. The number of aromatic amines is 1. The van der Waals surface area contributed by atoms with Crippen LogP contribution in [0.15, 0.2) is 41.0 Å². The lowest BCUT2D eigenvalue weighted by Crippen LogP contribution is -2.24. The first-order valence-corrected chi connectivity index (χ1v) is 8.56. The largest absolute Gasteiger partial charge is 0.470 e. The number of H-pyrrole nitrogens is 1. The van der Waals surface area contributed by atoms with Gasteiger partial charge in [-0.15, -0.1) is 0 Å². The van der Waals surface area contributed by atoms with E-state index in [1.807, 2.05) is 57.3 Å². The van der Waals surface area contributed by atoms with Gasteiger partial charge in [-0.05, 0) is 42.3 Å². The van der Waals surface area contributed by atoms with E-state index in [2.05, 4.69) is 30.9 Å². The highest BCUT2D eigenvalue weighted by atomic mass is 79.9. The second-order valence-electron chi connectivity index (χ2n) is 6.50. The van der Waals surface area contributed by atoms with Crippen molar-refractivity contribution in [3.8, 4) is 5.88 Å². The van der Waals surface area contributed by atoms with Crippen LogP contribution in [0.2, 0.25) is 0 Å². The summed E-state index contributed by atoms with van der Waals surface area (Å²) in [6.45, 7) is 6.81. The van der Waals surface area contributed by atoms with Gasteiger partial charge in [0.15, 0.2) is 5.82 Å². The number of benzene rings is 1. The van der Waals surface area contributed by atoms with Crippen molar-refractivity contribution in [3.63, 3.8) is 0 Å². The number of rotatable bonds is 5. The van der Waals surface area contributed by atoms with Crippen molar-refractivity contribution in [1.82, 2.24) is 15.0 Å². The predicted molar refractivity (Wildman–Crippen MR) is 96.9 cm³/mol. The van der Waals surface area contributed by atoms with Crippen LogP contribution in [0.5, 0.6) is 5.88 Å². The summed E-state index contributed by atoms with van der Waals surface area (Å²) in [5.74, 6) is 1.13. The molecule has 0 unspecified atom stereocenters. The number of nitrogens with one attached hydrogen (secondary N) is 1. The highest BCUT2D eigenvalue weighted by molar-refractivity contribution is 9.10. The van der Waals surface area contributed by atoms with Crippen LogP contribution in [0.3, 0.4) is 0 Å². The summed E-state index contributed by atoms with van der Waals surface area (Å²) >= 11 is 3.50. The smallest absolute Gasteiger partial charge is 0.242 e. The molecule has 0 bridgehead atoms. The van der Waals surface area contributed by atoms with Crippen molar-refractivity contribution in [3.05, 3.63) is 52.4 Å². The number of aromatic nitrogens is 3. The standard InChI is InChI=1S/C18H20BrN3O2/c1-18(2,3)24-17-16-15(13(19)9-20-16)21-14(22-17)11-23-10-12-7-5-4-6-8-12/h4-9,20H,10-11H2,1-3H3. The van der Waals surface area contributed by atoms with E-state index in [0.29, 0.717) is 24.9 Å². The predicted octanol–water partition coefficient (Wildman–Crippen LogP) is 4.61. The van der Waals surface area contributed by atoms with Gasteiger partial charge in [-0.3, -0.25) is 0 Å². The van der Waals surface area contributed by atoms with Crippen molar-refractivity contribution in [2.24, 2.45) is 0 Å². The van der Waals surface area contributed by atoms with Gasteiger partial charge in [-0.25, -0.2) is 4.98 Å². The van der Waals surface area contributed by atoms with Crippen LogP contribution in [-0.4, -0.2) is 20.6 Å². The fraction of sp³-hybridized carbons (Fsp3) is 0.333. The quantitative estimate of drug-likeness (QED) is 0.691. The van der Waals surface area contributed by atoms with Crippen LogP contribution in [-0.2, 0) is 18.0 Å². The molecule has 5 nitrogen and oxygen atoms in total. The fourth-order valence-corrected chi connectivity index (χ4v) is 2.66. The Bertz CT molecular complexity index is 825. The Kier molecular flexibility index (Phi) is 4.87. The van der Waals surface area contributed by atoms with Crippen LogP contribution in [0.4, 0.5) is 0 Å². The molecule has 2 aromatic heterocycles. The number of halogens is 1. The topological polar surface area (TPSA) is 60.0 Å². The first-order chi connectivity index (χ1) is 11.4. The minimum Gasteiger partial charge on any atom is -0.470 e. The van der Waals surface area contributed by atoms with Gasteiger partial charge < -0.3 is 14.5 Å². The Labute approximate surface area is 149 Å². The van der Waals surface area contributed by atoms with Gasteiger partial charge in [-0.1, -0.05) is 30.3 Å². The zero-order chi connectivity index (χ0) is 17.2. The van der Waals surface area contributed by atoms with Crippen LogP contribution in [0, 0.1) is 0 Å². The zero-order valence-electron chi connectivity index (χ0n) is 14.0. The number of hydrogen-bond donors (Lipinski definition) is 1. The number of nitrogens with zero attached hydrogens (tertiary/aromatic N) is 2. The van der Waals surface area contributed by atoms with Crippen LogP contribution in [0.25, 0.3) is 11.0 Å². The number of fused-ring (bicyclic) bond motifs is 1. The van der Waals surface area contributed by atoms with Crippen LogP contribution in [0.1, 0.15) is 32.2 Å². The summed E-state index contributed by atoms with van der Waals surface area (Å²) in [6, 6.07) is 10.0. The Hall–Kier alpha value is -1.92. The van der Waals surface area contributed by atoms with Gasteiger partial charge in [0.25, 0.3) is 0 Å². The molecule has 0 aliphatic carbocycles. The molecule has 3 aromatic rings. The van der Waals surface area contributed by atoms with Crippen molar-refractivity contribution >= 4 is 27.0 Å². The van der Waals surface area contributed by atoms with E-state index in [-0.39, 0.29) is 5.60 Å². The normalized spacial score (nSPS) is 11.8. The summed E-state index contributed by atoms with van der Waals surface area (Å²) in [7, 11) is 0. The van der Waals surface area contributed by atoms with E-state index in [4.69, 9.17) is 9.47 Å². The second-order valence-corrected chi connectivity index (χ2v) is 7.35. The first kappa shape index (κ1) is 16.9. The monoisotopic (exact) mass is 389 g/mol. The Morgan fingerprint density at radius 3 is 2.54 bits per heavy atom. The third-order valence-corrected chi connectivity index (χ3v) is 3.84.